The van der Waals surface area contributed by atoms with Gasteiger partial charge in [-0.1, -0.05) is 30.3 Å². The van der Waals surface area contributed by atoms with Gasteiger partial charge in [-0.15, -0.1) is 0 Å². The number of amides is 2. The van der Waals surface area contributed by atoms with Crippen molar-refractivity contribution in [3.8, 4) is 0 Å². The number of likely N-dealkylation sites (N-methyl/N-ethyl adjacent to an activating group) is 1. The second-order valence-corrected chi connectivity index (χ2v) is 5.98. The maximum absolute atomic E-state index is 12.2. The summed E-state index contributed by atoms with van der Waals surface area (Å²) in [5.74, 6) is -0.575. The highest BCUT2D eigenvalue weighted by atomic mass is 16.7. The molecule has 0 spiro atoms. The van der Waals surface area contributed by atoms with Crippen LogP contribution in [0.25, 0.3) is 0 Å². The van der Waals surface area contributed by atoms with Crippen LogP contribution in [0, 0.1) is 0 Å². The van der Waals surface area contributed by atoms with E-state index < -0.39 is 30.3 Å². The van der Waals surface area contributed by atoms with Crippen LogP contribution in [0.3, 0.4) is 0 Å². The lowest BCUT2D eigenvalue weighted by atomic mass is 10.2. The molecule has 0 aliphatic carbocycles. The minimum Gasteiger partial charge on any atom is -0.444 e. The molecule has 23 heavy (non-hydrogen) atoms. The van der Waals surface area contributed by atoms with E-state index in [0.717, 1.165) is 10.6 Å². The van der Waals surface area contributed by atoms with Crippen LogP contribution in [-0.4, -0.2) is 47.5 Å². The Morgan fingerprint density at radius 3 is 2.39 bits per heavy atom. The van der Waals surface area contributed by atoms with Crippen molar-refractivity contribution in [3.05, 3.63) is 35.9 Å². The van der Waals surface area contributed by atoms with Gasteiger partial charge in [0.2, 0.25) is 0 Å². The molecule has 0 saturated carbocycles. The number of hydrogen-bond acceptors (Lipinski definition) is 5. The Morgan fingerprint density at radius 2 is 1.87 bits per heavy atom. The molecule has 0 radical (unpaired) electrons. The summed E-state index contributed by atoms with van der Waals surface area (Å²) in [5.41, 5.74) is 0.204. The van der Waals surface area contributed by atoms with Crippen molar-refractivity contribution in [1.29, 1.82) is 0 Å². The fourth-order valence-corrected chi connectivity index (χ4v) is 1.66. The minimum absolute atomic E-state index is 0.202. The molecule has 1 aromatic carbocycles. The lowest BCUT2D eigenvalue weighted by Crippen LogP contribution is -2.50. The molecule has 7 nitrogen and oxygen atoms in total. The van der Waals surface area contributed by atoms with Crippen LogP contribution >= 0.6 is 0 Å². The number of hydroxylamine groups is 2. The summed E-state index contributed by atoms with van der Waals surface area (Å²) >= 11 is 0. The Hall–Kier alpha value is -2.12. The summed E-state index contributed by atoms with van der Waals surface area (Å²) in [4.78, 5) is 29.2. The molecule has 7 heteroatoms. The molecule has 0 heterocycles. The zero-order valence-corrected chi connectivity index (χ0v) is 13.9. The number of aliphatic hydroxyl groups excluding tert-OH is 1. The number of aliphatic hydroxyl groups is 1. The van der Waals surface area contributed by atoms with Gasteiger partial charge in [0, 0.05) is 7.05 Å². The van der Waals surface area contributed by atoms with E-state index in [9.17, 15) is 14.7 Å². The predicted molar refractivity (Wildman–Crippen MR) is 84.2 cm³/mol. The second-order valence-electron chi connectivity index (χ2n) is 5.98. The molecular weight excluding hydrogens is 300 g/mol. The molecule has 0 aliphatic heterocycles. The molecule has 0 unspecified atom stereocenters. The molecular formula is C16H24N2O5. The topological polar surface area (TPSA) is 88.1 Å². The van der Waals surface area contributed by atoms with E-state index in [1.807, 2.05) is 30.3 Å². The van der Waals surface area contributed by atoms with E-state index in [-0.39, 0.29) is 6.61 Å². The summed E-state index contributed by atoms with van der Waals surface area (Å²) in [5, 5.41) is 12.6. The molecule has 0 bridgehead atoms. The van der Waals surface area contributed by atoms with Gasteiger partial charge in [0.1, 0.15) is 18.2 Å². The largest absolute Gasteiger partial charge is 0.444 e. The van der Waals surface area contributed by atoms with E-state index in [1.165, 1.54) is 7.05 Å². The third-order valence-electron chi connectivity index (χ3n) is 2.75. The molecule has 128 valence electrons. The maximum atomic E-state index is 12.2. The molecule has 0 saturated heterocycles. The summed E-state index contributed by atoms with van der Waals surface area (Å²) in [6.07, 6.45) is -0.777. The third-order valence-corrected chi connectivity index (χ3v) is 2.75. The van der Waals surface area contributed by atoms with Crippen molar-refractivity contribution < 1.29 is 24.3 Å². The standard InChI is InChI=1S/C16H24N2O5/c1-16(2,3)23-15(21)17-13(10-19)14(20)18(4)22-11-12-8-6-5-7-9-12/h5-9,13,19H,10-11H2,1-4H3,(H,17,21)/t13-/m0/s1. The molecule has 2 amide bonds. The van der Waals surface area contributed by atoms with Gasteiger partial charge in [-0.25, -0.2) is 9.86 Å². The summed E-state index contributed by atoms with van der Waals surface area (Å²) in [6, 6.07) is 8.19. The first kappa shape index (κ1) is 18.9. The maximum Gasteiger partial charge on any atom is 0.408 e. The molecule has 1 aromatic rings. The fraction of sp³-hybridized carbons (Fsp3) is 0.500. The molecule has 0 fully saturated rings. The van der Waals surface area contributed by atoms with Crippen LogP contribution in [0.15, 0.2) is 30.3 Å². The van der Waals surface area contributed by atoms with E-state index >= 15 is 0 Å². The number of nitrogens with zero attached hydrogens (tertiary/aromatic N) is 1. The number of alkyl carbamates (subject to hydrolysis) is 1. The monoisotopic (exact) mass is 324 g/mol. The number of nitrogens with one attached hydrogen (secondary N) is 1. The molecule has 2 N–H and O–H groups in total. The van der Waals surface area contributed by atoms with Crippen molar-refractivity contribution in [3.63, 3.8) is 0 Å². The molecule has 0 aromatic heterocycles. The number of benzene rings is 1. The smallest absolute Gasteiger partial charge is 0.408 e. The normalized spacial score (nSPS) is 12.4. The van der Waals surface area contributed by atoms with Crippen LogP contribution in [0.1, 0.15) is 26.3 Å². The molecule has 1 rings (SSSR count). The first-order valence-corrected chi connectivity index (χ1v) is 7.27. The Balaban J connectivity index is 2.53. The zero-order chi connectivity index (χ0) is 17.5. The van der Waals surface area contributed by atoms with E-state index in [2.05, 4.69) is 5.32 Å². The van der Waals surface area contributed by atoms with Crippen molar-refractivity contribution in [2.45, 2.75) is 39.0 Å². The first-order valence-electron chi connectivity index (χ1n) is 7.27. The Kier molecular flexibility index (Phi) is 6.99. The van der Waals surface area contributed by atoms with Crippen molar-refractivity contribution in [1.82, 2.24) is 10.4 Å². The van der Waals surface area contributed by atoms with E-state index in [0.29, 0.717) is 0 Å². The third kappa shape index (κ3) is 7.12. The first-order chi connectivity index (χ1) is 10.7. The predicted octanol–water partition coefficient (Wildman–Crippen LogP) is 1.46. The Labute approximate surface area is 136 Å². The Morgan fingerprint density at radius 1 is 1.26 bits per heavy atom. The lowest BCUT2D eigenvalue weighted by molar-refractivity contribution is -0.185. The van der Waals surface area contributed by atoms with Gasteiger partial charge in [-0.3, -0.25) is 9.63 Å². The average Bonchev–Trinajstić information content (AvgIpc) is 2.48. The number of carbonyl (C=O) groups excluding carboxylic acids is 2. The lowest BCUT2D eigenvalue weighted by Gasteiger charge is -2.25. The van der Waals surface area contributed by atoms with Gasteiger partial charge in [0.15, 0.2) is 0 Å². The summed E-state index contributed by atoms with van der Waals surface area (Å²) < 4.78 is 5.06. The molecule has 0 aliphatic rings. The van der Waals surface area contributed by atoms with Gasteiger partial charge in [0.05, 0.1) is 6.61 Å². The summed E-state index contributed by atoms with van der Waals surface area (Å²) in [7, 11) is 1.42. The van der Waals surface area contributed by atoms with Crippen molar-refractivity contribution in [2.24, 2.45) is 0 Å². The van der Waals surface area contributed by atoms with Gasteiger partial charge in [-0.2, -0.15) is 0 Å². The average molecular weight is 324 g/mol. The molecule has 1 atom stereocenters. The number of hydrogen-bond donors (Lipinski definition) is 2. The SMILES string of the molecule is CN(OCc1ccccc1)C(=O)[C@H](CO)NC(=O)OC(C)(C)C. The van der Waals surface area contributed by atoms with Crippen molar-refractivity contribution in [2.75, 3.05) is 13.7 Å². The Bertz CT molecular complexity index is 513. The van der Waals surface area contributed by atoms with Gasteiger partial charge >= 0.3 is 6.09 Å². The van der Waals surface area contributed by atoms with E-state index in [4.69, 9.17) is 9.57 Å². The van der Waals surface area contributed by atoms with Gasteiger partial charge in [-0.05, 0) is 26.3 Å². The van der Waals surface area contributed by atoms with Crippen molar-refractivity contribution >= 4 is 12.0 Å². The fourth-order valence-electron chi connectivity index (χ4n) is 1.66. The van der Waals surface area contributed by atoms with Crippen LogP contribution in [0.2, 0.25) is 0 Å². The van der Waals surface area contributed by atoms with Crippen LogP contribution < -0.4 is 5.32 Å². The van der Waals surface area contributed by atoms with Crippen LogP contribution in [0.4, 0.5) is 4.79 Å². The van der Waals surface area contributed by atoms with E-state index in [1.54, 1.807) is 20.8 Å². The van der Waals surface area contributed by atoms with Gasteiger partial charge in [0.25, 0.3) is 5.91 Å². The number of carbonyl (C=O) groups is 2. The second kappa shape index (κ2) is 8.50. The van der Waals surface area contributed by atoms with Gasteiger partial charge < -0.3 is 15.2 Å². The highest BCUT2D eigenvalue weighted by molar-refractivity contribution is 5.85. The minimum atomic E-state index is -1.13. The number of ether oxygens (including phenoxy) is 1. The van der Waals surface area contributed by atoms with Crippen LogP contribution in [-0.2, 0) is 21.0 Å². The number of rotatable bonds is 6. The quantitative estimate of drug-likeness (QED) is 0.774. The van der Waals surface area contributed by atoms with Crippen LogP contribution in [0.5, 0.6) is 0 Å². The summed E-state index contributed by atoms with van der Waals surface area (Å²) in [6.45, 7) is 4.76. The highest BCUT2D eigenvalue weighted by Gasteiger charge is 2.26. The highest BCUT2D eigenvalue weighted by Crippen LogP contribution is 2.07. The zero-order valence-electron chi connectivity index (χ0n) is 13.9.